The zero-order valence-electron chi connectivity index (χ0n) is 32.0. The Bertz CT molecular complexity index is 2720. The van der Waals surface area contributed by atoms with Crippen LogP contribution in [0.15, 0.2) is 107 Å². The Kier molecular flexibility index (Phi) is 11.9. The van der Waals surface area contributed by atoms with Gasteiger partial charge in [0.05, 0.1) is 23.6 Å². The molecule has 2 saturated carbocycles. The number of hydrogen-bond donors (Lipinski definition) is 1. The molecule has 296 valence electrons. The third-order valence-electron chi connectivity index (χ3n) is 10.4. The van der Waals surface area contributed by atoms with Gasteiger partial charge in [-0.05, 0) is 105 Å². The van der Waals surface area contributed by atoms with Crippen molar-refractivity contribution < 1.29 is 0 Å². The van der Waals surface area contributed by atoms with E-state index in [1.165, 1.54) is 57.3 Å². The van der Waals surface area contributed by atoms with Crippen molar-refractivity contribution in [1.82, 2.24) is 48.3 Å². The molecule has 0 saturated heterocycles. The molecule has 0 spiro atoms. The summed E-state index contributed by atoms with van der Waals surface area (Å²) in [6, 6.07) is 28.5. The predicted molar refractivity (Wildman–Crippen MR) is 228 cm³/mol. The van der Waals surface area contributed by atoms with Crippen molar-refractivity contribution in [1.29, 1.82) is 0 Å². The summed E-state index contributed by atoms with van der Waals surface area (Å²) >= 11 is 0. The second kappa shape index (κ2) is 16.8. The molecular formula is C45H54N10O2. The molecule has 0 bridgehead atoms. The van der Waals surface area contributed by atoms with Crippen molar-refractivity contribution in [2.24, 2.45) is 14.1 Å². The molecule has 2 aliphatic carbocycles. The second-order valence-electron chi connectivity index (χ2n) is 14.8. The Morgan fingerprint density at radius 2 is 1.09 bits per heavy atom. The van der Waals surface area contributed by atoms with Gasteiger partial charge in [0.1, 0.15) is 0 Å². The fourth-order valence-corrected chi connectivity index (χ4v) is 6.71. The first kappa shape index (κ1) is 40.4. The number of rotatable bonds is 7. The predicted octanol–water partition coefficient (Wildman–Crippen LogP) is 8.26. The summed E-state index contributed by atoms with van der Waals surface area (Å²) in [7, 11) is 3.96. The molecule has 8 aromatic rings. The van der Waals surface area contributed by atoms with Gasteiger partial charge in [-0.2, -0.15) is 15.3 Å². The number of fused-ring (bicyclic) bond motifs is 2. The molecule has 2 aliphatic rings. The topological polar surface area (TPSA) is 125 Å². The van der Waals surface area contributed by atoms with Crippen molar-refractivity contribution in [3.05, 3.63) is 152 Å². The lowest BCUT2D eigenvalue weighted by Crippen LogP contribution is -2.22. The van der Waals surface area contributed by atoms with Gasteiger partial charge in [-0.1, -0.05) is 81.4 Å². The summed E-state index contributed by atoms with van der Waals surface area (Å²) in [6.07, 6.45) is 9.88. The molecule has 12 heteroatoms. The van der Waals surface area contributed by atoms with E-state index < -0.39 is 0 Å². The maximum absolute atomic E-state index is 12.9. The maximum atomic E-state index is 12.9. The normalized spacial score (nSPS) is 13.3. The number of benzene rings is 2. The highest BCUT2D eigenvalue weighted by Crippen LogP contribution is 2.40. The SMILES string of the molecule is C.C.CCc1cc(C2CC2)nn1C.Cc1ccc(-c2ccc3n[nH]c(=O)n3c2)cc1.Cc1ccc(-c2ccc3nn(Cc4cc(C5CC5)nn4C)c(=O)n3c2)cc1. The first-order valence-electron chi connectivity index (χ1n) is 19.0. The summed E-state index contributed by atoms with van der Waals surface area (Å²) < 4.78 is 8.51. The minimum atomic E-state index is -0.214. The van der Waals surface area contributed by atoms with Gasteiger partial charge in [-0.25, -0.2) is 28.2 Å². The largest absolute Gasteiger partial charge is 0.350 e. The van der Waals surface area contributed by atoms with Crippen molar-refractivity contribution in [3.8, 4) is 22.3 Å². The molecule has 2 fully saturated rings. The first-order valence-corrected chi connectivity index (χ1v) is 19.0. The van der Waals surface area contributed by atoms with Gasteiger partial charge in [0, 0.05) is 44.0 Å². The van der Waals surface area contributed by atoms with Crippen LogP contribution in [-0.4, -0.2) is 48.3 Å². The van der Waals surface area contributed by atoms with E-state index in [0.717, 1.165) is 46.0 Å². The number of hydrogen-bond acceptors (Lipinski definition) is 6. The van der Waals surface area contributed by atoms with Crippen molar-refractivity contribution in [2.75, 3.05) is 0 Å². The van der Waals surface area contributed by atoms with Crippen LogP contribution in [0.1, 0.15) is 93.2 Å². The number of aryl methyl sites for hydroxylation is 5. The van der Waals surface area contributed by atoms with E-state index in [-0.39, 0.29) is 26.2 Å². The van der Waals surface area contributed by atoms with Crippen LogP contribution in [0.2, 0.25) is 0 Å². The first-order chi connectivity index (χ1) is 26.6. The van der Waals surface area contributed by atoms with E-state index in [1.54, 1.807) is 10.6 Å². The third-order valence-corrected chi connectivity index (χ3v) is 10.4. The number of aromatic nitrogens is 10. The molecule has 12 nitrogen and oxygen atoms in total. The molecule has 0 atom stereocenters. The lowest BCUT2D eigenvalue weighted by atomic mass is 10.1. The fraction of sp³-hybridized carbons (Fsp3) is 0.333. The Labute approximate surface area is 333 Å². The Morgan fingerprint density at radius 3 is 1.60 bits per heavy atom. The summed E-state index contributed by atoms with van der Waals surface area (Å²) in [4.78, 5) is 24.3. The van der Waals surface area contributed by atoms with Crippen LogP contribution in [0.5, 0.6) is 0 Å². The average molecular weight is 767 g/mol. The summed E-state index contributed by atoms with van der Waals surface area (Å²) in [6.45, 7) is 6.71. The molecule has 0 unspecified atom stereocenters. The summed E-state index contributed by atoms with van der Waals surface area (Å²) in [5.41, 5.74) is 12.3. The molecule has 0 radical (unpaired) electrons. The Hall–Kier alpha value is -6.30. The van der Waals surface area contributed by atoms with Crippen molar-refractivity contribution >= 4 is 11.3 Å². The van der Waals surface area contributed by atoms with Gasteiger partial charge in [0.15, 0.2) is 11.3 Å². The van der Waals surface area contributed by atoms with Crippen LogP contribution in [-0.2, 0) is 27.1 Å². The fourth-order valence-electron chi connectivity index (χ4n) is 6.71. The summed E-state index contributed by atoms with van der Waals surface area (Å²) in [5.74, 6) is 1.39. The van der Waals surface area contributed by atoms with Crippen LogP contribution in [0.4, 0.5) is 0 Å². The molecular weight excluding hydrogens is 713 g/mol. The average Bonchev–Trinajstić information content (AvgIpc) is 4.11. The van der Waals surface area contributed by atoms with Crippen LogP contribution in [0.25, 0.3) is 33.5 Å². The number of pyridine rings is 2. The van der Waals surface area contributed by atoms with E-state index in [4.69, 9.17) is 0 Å². The van der Waals surface area contributed by atoms with Gasteiger partial charge in [0.25, 0.3) is 0 Å². The number of aromatic amines is 1. The van der Waals surface area contributed by atoms with Gasteiger partial charge in [-0.3, -0.25) is 9.36 Å². The maximum Gasteiger partial charge on any atom is 0.350 e. The van der Waals surface area contributed by atoms with Crippen LogP contribution in [0, 0.1) is 13.8 Å². The number of H-pyrrole nitrogens is 1. The van der Waals surface area contributed by atoms with Gasteiger partial charge < -0.3 is 0 Å². The van der Waals surface area contributed by atoms with Crippen molar-refractivity contribution in [3.63, 3.8) is 0 Å². The molecule has 10 rings (SSSR count). The standard InChI is InChI=1S/C21H21N5O.C13H11N3O.C9H14N2.2CH4/c1-14-3-5-15(6-4-14)17-9-10-20-23-26(21(27)25(20)12-17)13-18-11-19(16-7-8-16)22-24(18)2;1-9-2-4-10(5-3-9)11-6-7-12-14-15-13(17)16(12)8-11;1-3-8-6-9(7-4-5-7)10-11(8)2;;/h3-6,9-12,16H,7-8,13H2,1-2H3;2-8H,1H3,(H,15,17);6-7H,3-5H2,1-2H3;2*1H4. The smallest absolute Gasteiger partial charge is 0.272 e. The molecule has 57 heavy (non-hydrogen) atoms. The molecule has 0 amide bonds. The third kappa shape index (κ3) is 8.90. The number of nitrogens with one attached hydrogen (secondary N) is 1. The van der Waals surface area contributed by atoms with Gasteiger partial charge in [0.2, 0.25) is 0 Å². The van der Waals surface area contributed by atoms with E-state index in [9.17, 15) is 9.59 Å². The van der Waals surface area contributed by atoms with E-state index in [2.05, 4.69) is 87.9 Å². The molecule has 2 aromatic carbocycles. The molecule has 0 aliphatic heterocycles. The van der Waals surface area contributed by atoms with Crippen LogP contribution < -0.4 is 11.4 Å². The minimum Gasteiger partial charge on any atom is -0.272 e. The van der Waals surface area contributed by atoms with E-state index >= 15 is 0 Å². The molecule has 6 aromatic heterocycles. The van der Waals surface area contributed by atoms with Gasteiger partial charge >= 0.3 is 11.4 Å². The van der Waals surface area contributed by atoms with Gasteiger partial charge in [-0.15, -0.1) is 5.10 Å². The lowest BCUT2D eigenvalue weighted by Gasteiger charge is -2.02. The van der Waals surface area contributed by atoms with Crippen LogP contribution >= 0.6 is 0 Å². The zero-order chi connectivity index (χ0) is 38.2. The highest BCUT2D eigenvalue weighted by Gasteiger charge is 2.27. The number of nitrogens with zero attached hydrogens (tertiary/aromatic N) is 9. The molecule has 1 N–H and O–H groups in total. The highest BCUT2D eigenvalue weighted by atomic mass is 16.2. The summed E-state index contributed by atoms with van der Waals surface area (Å²) in [5, 5.41) is 19.8. The Balaban J connectivity index is 0.000000157. The lowest BCUT2D eigenvalue weighted by molar-refractivity contribution is 0.601. The van der Waals surface area contributed by atoms with Crippen molar-refractivity contribution in [2.45, 2.75) is 86.1 Å². The van der Waals surface area contributed by atoms with E-state index in [1.807, 2.05) is 73.0 Å². The highest BCUT2D eigenvalue weighted by molar-refractivity contribution is 5.65. The monoisotopic (exact) mass is 766 g/mol. The zero-order valence-corrected chi connectivity index (χ0v) is 32.0. The quantitative estimate of drug-likeness (QED) is 0.174. The van der Waals surface area contributed by atoms with Crippen LogP contribution in [0.3, 0.4) is 0 Å². The second-order valence-corrected chi connectivity index (χ2v) is 14.8. The molecule has 6 heterocycles. The minimum absolute atomic E-state index is 0. The Morgan fingerprint density at radius 1 is 0.614 bits per heavy atom. The van der Waals surface area contributed by atoms with E-state index in [0.29, 0.717) is 23.8 Å².